The van der Waals surface area contributed by atoms with E-state index in [-0.39, 0.29) is 0 Å². The highest BCUT2D eigenvalue weighted by atomic mass is 16.5. The lowest BCUT2D eigenvalue weighted by atomic mass is 9.94. The number of hydrogen-bond donors (Lipinski definition) is 1. The van der Waals surface area contributed by atoms with Crippen LogP contribution in [0.1, 0.15) is 25.3 Å². The van der Waals surface area contributed by atoms with Crippen molar-refractivity contribution in [2.24, 2.45) is 0 Å². The summed E-state index contributed by atoms with van der Waals surface area (Å²) in [7, 11) is 0. The molecular weight excluding hydrogens is 224 g/mol. The van der Waals surface area contributed by atoms with Gasteiger partial charge in [0.25, 0.3) is 0 Å². The summed E-state index contributed by atoms with van der Waals surface area (Å²) in [4.78, 5) is 2.55. The standard InChI is InChI=1S/C15H22N2O/c1-12-10-17(8-9-18-12)11-15(6-7-15)13-2-4-14(16)5-3-13/h2-5,12H,6-11,16H2,1H3. The van der Waals surface area contributed by atoms with E-state index in [4.69, 9.17) is 10.5 Å². The van der Waals surface area contributed by atoms with Gasteiger partial charge in [-0.1, -0.05) is 12.1 Å². The molecule has 1 atom stereocenters. The van der Waals surface area contributed by atoms with E-state index in [0.717, 1.165) is 25.4 Å². The number of nitrogen functional groups attached to an aromatic ring is 1. The zero-order chi connectivity index (χ0) is 12.6. The Labute approximate surface area is 109 Å². The quantitative estimate of drug-likeness (QED) is 0.829. The Morgan fingerprint density at radius 2 is 2.06 bits per heavy atom. The molecule has 0 bridgehead atoms. The lowest BCUT2D eigenvalue weighted by Gasteiger charge is -2.34. The SMILES string of the molecule is CC1CN(CC2(c3ccc(N)cc3)CC2)CCO1. The van der Waals surface area contributed by atoms with E-state index in [1.165, 1.54) is 24.9 Å². The molecule has 2 fully saturated rings. The summed E-state index contributed by atoms with van der Waals surface area (Å²) in [5.74, 6) is 0. The van der Waals surface area contributed by atoms with Gasteiger partial charge in [0, 0.05) is 30.7 Å². The predicted octanol–water partition coefficient (Wildman–Crippen LogP) is 2.02. The van der Waals surface area contributed by atoms with Gasteiger partial charge in [-0.3, -0.25) is 4.90 Å². The van der Waals surface area contributed by atoms with E-state index >= 15 is 0 Å². The molecule has 0 radical (unpaired) electrons. The van der Waals surface area contributed by atoms with Crippen LogP contribution in [0.3, 0.4) is 0 Å². The summed E-state index contributed by atoms with van der Waals surface area (Å²) in [6, 6.07) is 8.45. The average molecular weight is 246 g/mol. The third kappa shape index (κ3) is 2.38. The number of benzene rings is 1. The first-order valence-corrected chi connectivity index (χ1v) is 6.88. The highest BCUT2D eigenvalue weighted by Crippen LogP contribution is 2.49. The second kappa shape index (κ2) is 4.56. The predicted molar refractivity (Wildman–Crippen MR) is 73.6 cm³/mol. The summed E-state index contributed by atoms with van der Waals surface area (Å²) in [6.45, 7) is 6.34. The van der Waals surface area contributed by atoms with Crippen LogP contribution in [0.25, 0.3) is 0 Å². The zero-order valence-electron chi connectivity index (χ0n) is 11.1. The van der Waals surface area contributed by atoms with Gasteiger partial charge < -0.3 is 10.5 Å². The van der Waals surface area contributed by atoms with E-state index < -0.39 is 0 Å². The van der Waals surface area contributed by atoms with Crippen LogP contribution in [0.15, 0.2) is 24.3 Å². The van der Waals surface area contributed by atoms with Crippen LogP contribution in [0, 0.1) is 0 Å². The van der Waals surface area contributed by atoms with E-state index in [2.05, 4.69) is 24.0 Å². The summed E-state index contributed by atoms with van der Waals surface area (Å²) < 4.78 is 5.61. The molecular formula is C15H22N2O. The van der Waals surface area contributed by atoms with E-state index in [1.54, 1.807) is 0 Å². The molecule has 18 heavy (non-hydrogen) atoms. The van der Waals surface area contributed by atoms with Crippen LogP contribution in [-0.2, 0) is 10.2 Å². The highest BCUT2D eigenvalue weighted by Gasteiger charge is 2.45. The van der Waals surface area contributed by atoms with Crippen LogP contribution in [0.4, 0.5) is 5.69 Å². The molecule has 1 saturated heterocycles. The maximum Gasteiger partial charge on any atom is 0.0674 e. The Kier molecular flexibility index (Phi) is 3.04. The smallest absolute Gasteiger partial charge is 0.0674 e. The van der Waals surface area contributed by atoms with Crippen molar-refractivity contribution in [3.05, 3.63) is 29.8 Å². The van der Waals surface area contributed by atoms with Gasteiger partial charge in [-0.2, -0.15) is 0 Å². The number of hydrogen-bond acceptors (Lipinski definition) is 3. The molecule has 1 unspecified atom stereocenters. The number of ether oxygens (including phenoxy) is 1. The number of anilines is 1. The molecule has 3 rings (SSSR count). The lowest BCUT2D eigenvalue weighted by Crippen LogP contribution is -2.44. The number of nitrogens with zero attached hydrogens (tertiary/aromatic N) is 1. The second-order valence-corrected chi connectivity index (χ2v) is 5.82. The molecule has 1 aromatic rings. The Hall–Kier alpha value is -1.06. The van der Waals surface area contributed by atoms with Gasteiger partial charge in [0.2, 0.25) is 0 Å². The minimum atomic E-state index is 0.376. The minimum Gasteiger partial charge on any atom is -0.399 e. The zero-order valence-corrected chi connectivity index (χ0v) is 11.1. The largest absolute Gasteiger partial charge is 0.399 e. The van der Waals surface area contributed by atoms with Gasteiger partial charge in [-0.25, -0.2) is 0 Å². The molecule has 1 aliphatic heterocycles. The number of nitrogens with two attached hydrogens (primary N) is 1. The Balaban J connectivity index is 1.69. The fraction of sp³-hybridized carbons (Fsp3) is 0.600. The summed E-state index contributed by atoms with van der Waals surface area (Å²) in [6.07, 6.45) is 2.99. The number of morpholine rings is 1. The van der Waals surface area contributed by atoms with Crippen molar-refractivity contribution in [1.82, 2.24) is 4.90 Å². The van der Waals surface area contributed by atoms with Gasteiger partial charge in [0.15, 0.2) is 0 Å². The molecule has 0 spiro atoms. The molecule has 1 saturated carbocycles. The maximum atomic E-state index is 5.77. The Morgan fingerprint density at radius 1 is 1.33 bits per heavy atom. The van der Waals surface area contributed by atoms with Gasteiger partial charge in [-0.15, -0.1) is 0 Å². The van der Waals surface area contributed by atoms with Crippen molar-refractivity contribution in [1.29, 1.82) is 0 Å². The summed E-state index contributed by atoms with van der Waals surface area (Å²) >= 11 is 0. The van der Waals surface area contributed by atoms with Gasteiger partial charge in [0.05, 0.1) is 12.7 Å². The van der Waals surface area contributed by atoms with Crippen molar-refractivity contribution in [2.75, 3.05) is 32.0 Å². The molecule has 1 aliphatic carbocycles. The molecule has 3 heteroatoms. The maximum absolute atomic E-state index is 5.77. The minimum absolute atomic E-state index is 0.376. The Bertz CT molecular complexity index is 411. The fourth-order valence-electron chi connectivity index (χ4n) is 2.99. The molecule has 3 nitrogen and oxygen atoms in total. The molecule has 1 aromatic carbocycles. The van der Waals surface area contributed by atoms with Crippen molar-refractivity contribution < 1.29 is 4.74 Å². The topological polar surface area (TPSA) is 38.5 Å². The van der Waals surface area contributed by atoms with Crippen molar-refractivity contribution >= 4 is 5.69 Å². The van der Waals surface area contributed by atoms with E-state index in [9.17, 15) is 0 Å². The summed E-state index contributed by atoms with van der Waals surface area (Å²) in [5, 5.41) is 0. The normalized spacial score (nSPS) is 27.1. The van der Waals surface area contributed by atoms with Crippen LogP contribution in [-0.4, -0.2) is 37.2 Å². The molecule has 1 heterocycles. The van der Waals surface area contributed by atoms with Crippen molar-refractivity contribution in [3.8, 4) is 0 Å². The molecule has 2 aliphatic rings. The fourth-order valence-corrected chi connectivity index (χ4v) is 2.99. The molecule has 98 valence electrons. The average Bonchev–Trinajstić information content (AvgIpc) is 3.11. The van der Waals surface area contributed by atoms with Gasteiger partial charge in [0.1, 0.15) is 0 Å². The van der Waals surface area contributed by atoms with Crippen LogP contribution >= 0.6 is 0 Å². The first kappa shape index (κ1) is 12.0. The van der Waals surface area contributed by atoms with Crippen molar-refractivity contribution in [2.45, 2.75) is 31.3 Å². The van der Waals surface area contributed by atoms with Crippen LogP contribution in [0.5, 0.6) is 0 Å². The lowest BCUT2D eigenvalue weighted by molar-refractivity contribution is -0.0211. The molecule has 2 N–H and O–H groups in total. The van der Waals surface area contributed by atoms with Gasteiger partial charge in [-0.05, 0) is 37.5 Å². The number of rotatable bonds is 3. The molecule has 0 aromatic heterocycles. The first-order chi connectivity index (χ1) is 8.68. The molecule has 0 amide bonds. The second-order valence-electron chi connectivity index (χ2n) is 5.82. The van der Waals surface area contributed by atoms with Crippen LogP contribution < -0.4 is 5.73 Å². The monoisotopic (exact) mass is 246 g/mol. The third-order valence-electron chi connectivity index (χ3n) is 4.23. The Morgan fingerprint density at radius 3 is 2.67 bits per heavy atom. The van der Waals surface area contributed by atoms with E-state index in [1.807, 2.05) is 12.1 Å². The van der Waals surface area contributed by atoms with Crippen molar-refractivity contribution in [3.63, 3.8) is 0 Å². The van der Waals surface area contributed by atoms with Crippen LogP contribution in [0.2, 0.25) is 0 Å². The van der Waals surface area contributed by atoms with E-state index in [0.29, 0.717) is 11.5 Å². The van der Waals surface area contributed by atoms with Gasteiger partial charge >= 0.3 is 0 Å². The third-order valence-corrected chi connectivity index (χ3v) is 4.23. The first-order valence-electron chi connectivity index (χ1n) is 6.88. The highest BCUT2D eigenvalue weighted by molar-refractivity contribution is 5.43. The summed E-state index contributed by atoms with van der Waals surface area (Å²) in [5.41, 5.74) is 8.47.